The molecule has 0 bridgehead atoms. The van der Waals surface area contributed by atoms with Crippen molar-refractivity contribution in [1.29, 1.82) is 0 Å². The minimum absolute atomic E-state index is 0.0202. The van der Waals surface area contributed by atoms with Gasteiger partial charge in [0.1, 0.15) is 5.82 Å². The molecule has 0 saturated carbocycles. The highest BCUT2D eigenvalue weighted by atomic mass is 16.3. The SMILES string of the molecule is CC(C)c1ccc(Nc2ccn3ncc(-c4ccccc4CO)c3n2)cc1. The molecule has 4 aromatic rings. The summed E-state index contributed by atoms with van der Waals surface area (Å²) in [5, 5.41) is 17.4. The van der Waals surface area contributed by atoms with Gasteiger partial charge in [-0.25, -0.2) is 9.50 Å². The molecule has 0 fully saturated rings. The van der Waals surface area contributed by atoms with E-state index >= 15 is 0 Å². The van der Waals surface area contributed by atoms with Crippen molar-refractivity contribution < 1.29 is 5.11 Å². The lowest BCUT2D eigenvalue weighted by Crippen LogP contribution is -1.98. The quantitative estimate of drug-likeness (QED) is 0.540. The summed E-state index contributed by atoms with van der Waals surface area (Å²) < 4.78 is 1.75. The molecule has 5 heteroatoms. The Hall–Kier alpha value is -3.18. The van der Waals surface area contributed by atoms with E-state index in [0.717, 1.165) is 33.8 Å². The summed E-state index contributed by atoms with van der Waals surface area (Å²) >= 11 is 0. The maximum absolute atomic E-state index is 9.64. The van der Waals surface area contributed by atoms with E-state index in [9.17, 15) is 5.11 Å². The minimum Gasteiger partial charge on any atom is -0.392 e. The lowest BCUT2D eigenvalue weighted by atomic mass is 10.0. The number of aromatic nitrogens is 3. The Morgan fingerprint density at radius 1 is 1.00 bits per heavy atom. The van der Waals surface area contributed by atoms with Crippen LogP contribution < -0.4 is 5.32 Å². The van der Waals surface area contributed by atoms with Crippen molar-refractivity contribution in [3.63, 3.8) is 0 Å². The van der Waals surface area contributed by atoms with E-state index in [1.807, 2.05) is 36.5 Å². The van der Waals surface area contributed by atoms with E-state index in [1.165, 1.54) is 5.56 Å². The Morgan fingerprint density at radius 3 is 2.52 bits per heavy atom. The molecule has 4 rings (SSSR count). The molecule has 0 aliphatic rings. The highest BCUT2D eigenvalue weighted by Crippen LogP contribution is 2.28. The molecule has 0 saturated heterocycles. The van der Waals surface area contributed by atoms with Crippen LogP contribution >= 0.6 is 0 Å². The third-order valence-corrected chi connectivity index (χ3v) is 4.70. The third kappa shape index (κ3) is 3.41. The topological polar surface area (TPSA) is 62.5 Å². The zero-order valence-electron chi connectivity index (χ0n) is 15.4. The second-order valence-corrected chi connectivity index (χ2v) is 6.86. The van der Waals surface area contributed by atoms with Crippen LogP contribution in [-0.2, 0) is 6.61 Å². The predicted octanol–water partition coefficient (Wildman–Crippen LogP) is 4.76. The van der Waals surface area contributed by atoms with Crippen LogP contribution in [0.4, 0.5) is 11.5 Å². The molecular weight excluding hydrogens is 336 g/mol. The van der Waals surface area contributed by atoms with Crippen LogP contribution in [0.25, 0.3) is 16.8 Å². The van der Waals surface area contributed by atoms with E-state index in [-0.39, 0.29) is 6.61 Å². The summed E-state index contributed by atoms with van der Waals surface area (Å²) in [4.78, 5) is 4.75. The van der Waals surface area contributed by atoms with E-state index in [2.05, 4.69) is 48.5 Å². The molecule has 5 nitrogen and oxygen atoms in total. The molecule has 2 aromatic carbocycles. The molecule has 0 atom stereocenters. The van der Waals surface area contributed by atoms with Crippen LogP contribution in [-0.4, -0.2) is 19.7 Å². The standard InChI is InChI=1S/C22H22N4O/c1-15(2)16-7-9-18(10-8-16)24-21-11-12-26-22(25-21)20(13-23-26)19-6-4-3-5-17(19)14-27/h3-13,15,27H,14H2,1-2H3,(H,24,25). The summed E-state index contributed by atoms with van der Waals surface area (Å²) in [6, 6.07) is 18.1. The van der Waals surface area contributed by atoms with Gasteiger partial charge in [0.15, 0.2) is 5.65 Å². The van der Waals surface area contributed by atoms with Crippen molar-refractivity contribution in [2.24, 2.45) is 0 Å². The summed E-state index contributed by atoms with van der Waals surface area (Å²) in [5.74, 6) is 1.26. The fraction of sp³-hybridized carbons (Fsp3) is 0.182. The molecule has 0 amide bonds. The van der Waals surface area contributed by atoms with Crippen molar-refractivity contribution in [1.82, 2.24) is 14.6 Å². The van der Waals surface area contributed by atoms with E-state index in [4.69, 9.17) is 4.98 Å². The van der Waals surface area contributed by atoms with Crippen LogP contribution in [0.5, 0.6) is 0 Å². The molecule has 0 aliphatic carbocycles. The normalized spacial score (nSPS) is 11.3. The average molecular weight is 358 g/mol. The Kier molecular flexibility index (Phi) is 4.60. The second-order valence-electron chi connectivity index (χ2n) is 6.86. The van der Waals surface area contributed by atoms with Crippen LogP contribution in [0.1, 0.15) is 30.9 Å². The molecule has 2 N–H and O–H groups in total. The van der Waals surface area contributed by atoms with Gasteiger partial charge < -0.3 is 10.4 Å². The first-order valence-corrected chi connectivity index (χ1v) is 9.06. The summed E-state index contributed by atoms with van der Waals surface area (Å²) in [5.41, 5.74) is 5.76. The van der Waals surface area contributed by atoms with Crippen LogP contribution in [0, 0.1) is 0 Å². The highest BCUT2D eigenvalue weighted by molar-refractivity contribution is 5.80. The largest absolute Gasteiger partial charge is 0.392 e. The number of hydrogen-bond acceptors (Lipinski definition) is 4. The first-order valence-electron chi connectivity index (χ1n) is 9.06. The summed E-state index contributed by atoms with van der Waals surface area (Å²) in [6.07, 6.45) is 3.68. The maximum atomic E-state index is 9.64. The molecule has 136 valence electrons. The van der Waals surface area contributed by atoms with Gasteiger partial charge in [0.2, 0.25) is 0 Å². The predicted molar refractivity (Wildman–Crippen MR) is 108 cm³/mol. The Labute approximate surface area is 158 Å². The van der Waals surface area contributed by atoms with Crippen LogP contribution in [0.2, 0.25) is 0 Å². The fourth-order valence-electron chi connectivity index (χ4n) is 3.15. The van der Waals surface area contributed by atoms with Crippen molar-refractivity contribution in [2.75, 3.05) is 5.32 Å². The van der Waals surface area contributed by atoms with E-state index in [1.54, 1.807) is 10.7 Å². The zero-order valence-corrected chi connectivity index (χ0v) is 15.4. The van der Waals surface area contributed by atoms with Crippen LogP contribution in [0.15, 0.2) is 67.0 Å². The van der Waals surface area contributed by atoms with Gasteiger partial charge in [-0.15, -0.1) is 0 Å². The summed E-state index contributed by atoms with van der Waals surface area (Å²) in [7, 11) is 0. The van der Waals surface area contributed by atoms with Gasteiger partial charge in [0, 0.05) is 17.4 Å². The number of benzene rings is 2. The van der Waals surface area contributed by atoms with Gasteiger partial charge >= 0.3 is 0 Å². The maximum Gasteiger partial charge on any atom is 0.165 e. The molecule has 2 aromatic heterocycles. The van der Waals surface area contributed by atoms with Gasteiger partial charge in [-0.2, -0.15) is 5.10 Å². The monoisotopic (exact) mass is 358 g/mol. The number of nitrogens with zero attached hydrogens (tertiary/aromatic N) is 3. The molecule has 2 heterocycles. The lowest BCUT2D eigenvalue weighted by molar-refractivity contribution is 0.282. The first-order chi connectivity index (χ1) is 13.2. The van der Waals surface area contributed by atoms with Crippen molar-refractivity contribution >= 4 is 17.2 Å². The molecular formula is C22H22N4O. The number of aliphatic hydroxyl groups excluding tert-OH is 1. The van der Waals surface area contributed by atoms with Gasteiger partial charge in [0.05, 0.1) is 12.8 Å². The van der Waals surface area contributed by atoms with Crippen molar-refractivity contribution in [2.45, 2.75) is 26.4 Å². The molecule has 0 unspecified atom stereocenters. The van der Waals surface area contributed by atoms with Gasteiger partial charge in [-0.05, 0) is 40.8 Å². The average Bonchev–Trinajstić information content (AvgIpc) is 3.11. The second kappa shape index (κ2) is 7.21. The number of aliphatic hydroxyl groups is 1. The fourth-order valence-corrected chi connectivity index (χ4v) is 3.15. The van der Waals surface area contributed by atoms with Crippen molar-refractivity contribution in [3.05, 3.63) is 78.1 Å². The van der Waals surface area contributed by atoms with E-state index < -0.39 is 0 Å². The molecule has 27 heavy (non-hydrogen) atoms. The first kappa shape index (κ1) is 17.2. The van der Waals surface area contributed by atoms with E-state index in [0.29, 0.717) is 5.92 Å². The van der Waals surface area contributed by atoms with Crippen molar-refractivity contribution in [3.8, 4) is 11.1 Å². The van der Waals surface area contributed by atoms with Gasteiger partial charge in [0.25, 0.3) is 0 Å². The molecule has 0 spiro atoms. The number of nitrogens with one attached hydrogen (secondary N) is 1. The Bertz CT molecular complexity index is 1070. The number of hydrogen-bond donors (Lipinski definition) is 2. The number of anilines is 2. The molecule has 0 aliphatic heterocycles. The number of rotatable bonds is 5. The Balaban J connectivity index is 1.69. The summed E-state index contributed by atoms with van der Waals surface area (Å²) in [6.45, 7) is 4.35. The van der Waals surface area contributed by atoms with Gasteiger partial charge in [-0.1, -0.05) is 50.2 Å². The third-order valence-electron chi connectivity index (χ3n) is 4.70. The minimum atomic E-state index is -0.0202. The van der Waals surface area contributed by atoms with Gasteiger partial charge in [-0.3, -0.25) is 0 Å². The molecule has 0 radical (unpaired) electrons. The van der Waals surface area contributed by atoms with Crippen LogP contribution in [0.3, 0.4) is 0 Å². The zero-order chi connectivity index (χ0) is 18.8. The number of fused-ring (bicyclic) bond motifs is 1. The lowest BCUT2D eigenvalue weighted by Gasteiger charge is -2.10. The Morgan fingerprint density at radius 2 is 1.78 bits per heavy atom. The smallest absolute Gasteiger partial charge is 0.165 e. The highest BCUT2D eigenvalue weighted by Gasteiger charge is 2.12.